The highest BCUT2D eigenvalue weighted by molar-refractivity contribution is 5.22. The molecule has 3 rings (SSSR count). The van der Waals surface area contributed by atoms with Crippen molar-refractivity contribution in [1.82, 2.24) is 4.90 Å². The van der Waals surface area contributed by atoms with Gasteiger partial charge in [-0.1, -0.05) is 18.6 Å². The summed E-state index contributed by atoms with van der Waals surface area (Å²) in [4.78, 5) is 2.64. The van der Waals surface area contributed by atoms with E-state index in [4.69, 9.17) is 5.73 Å². The molecular formula is C16H23FN2. The number of nitrogens with zero attached hydrogens (tertiary/aromatic N) is 1. The Hall–Kier alpha value is -0.930. The van der Waals surface area contributed by atoms with E-state index in [-0.39, 0.29) is 5.82 Å². The fraction of sp³-hybridized carbons (Fsp3) is 0.625. The molecule has 1 saturated heterocycles. The monoisotopic (exact) mass is 262 g/mol. The lowest BCUT2D eigenvalue weighted by atomic mass is 9.89. The van der Waals surface area contributed by atoms with Crippen LogP contribution >= 0.6 is 0 Å². The minimum Gasteiger partial charge on any atom is -0.330 e. The SMILES string of the molecule is NCC1CCCCN(C2CC2)C1c1ccc(F)cc1. The van der Waals surface area contributed by atoms with Gasteiger partial charge in [-0.3, -0.25) is 4.90 Å². The molecule has 2 N–H and O–H groups in total. The molecule has 0 spiro atoms. The first-order valence-corrected chi connectivity index (χ1v) is 7.51. The van der Waals surface area contributed by atoms with Crippen LogP contribution in [0.5, 0.6) is 0 Å². The highest BCUT2D eigenvalue weighted by Gasteiger charge is 2.38. The Morgan fingerprint density at radius 2 is 1.84 bits per heavy atom. The van der Waals surface area contributed by atoms with E-state index >= 15 is 0 Å². The van der Waals surface area contributed by atoms with E-state index in [1.807, 2.05) is 12.1 Å². The maximum absolute atomic E-state index is 13.1. The average Bonchev–Trinajstić information content (AvgIpc) is 3.25. The summed E-state index contributed by atoms with van der Waals surface area (Å²) in [6.07, 6.45) is 6.36. The maximum Gasteiger partial charge on any atom is 0.123 e. The average molecular weight is 262 g/mol. The largest absolute Gasteiger partial charge is 0.330 e. The summed E-state index contributed by atoms with van der Waals surface area (Å²) in [6.45, 7) is 1.90. The Balaban J connectivity index is 1.91. The van der Waals surface area contributed by atoms with Gasteiger partial charge in [0, 0.05) is 12.1 Å². The van der Waals surface area contributed by atoms with Crippen LogP contribution in [0.3, 0.4) is 0 Å². The molecule has 0 amide bonds. The number of hydrogen-bond donors (Lipinski definition) is 1. The Bertz CT molecular complexity index is 413. The molecule has 104 valence electrons. The number of halogens is 1. The highest BCUT2D eigenvalue weighted by atomic mass is 19.1. The second-order valence-corrected chi connectivity index (χ2v) is 5.96. The summed E-state index contributed by atoms with van der Waals surface area (Å²) < 4.78 is 13.1. The lowest BCUT2D eigenvalue weighted by molar-refractivity contribution is 0.149. The third-order valence-electron chi connectivity index (χ3n) is 4.58. The lowest BCUT2D eigenvalue weighted by Gasteiger charge is -2.35. The number of nitrogens with two attached hydrogens (primary N) is 1. The Morgan fingerprint density at radius 3 is 2.47 bits per heavy atom. The predicted octanol–water partition coefficient (Wildman–Crippen LogP) is 3.09. The summed E-state index contributed by atoms with van der Waals surface area (Å²) in [5.74, 6) is 0.355. The van der Waals surface area contributed by atoms with Gasteiger partial charge in [-0.25, -0.2) is 4.39 Å². The predicted molar refractivity (Wildman–Crippen MR) is 75.3 cm³/mol. The number of likely N-dealkylation sites (tertiary alicyclic amines) is 1. The fourth-order valence-electron chi connectivity index (χ4n) is 3.45. The van der Waals surface area contributed by atoms with Crippen LogP contribution in [0.2, 0.25) is 0 Å². The van der Waals surface area contributed by atoms with Crippen molar-refractivity contribution in [2.45, 2.75) is 44.2 Å². The quantitative estimate of drug-likeness (QED) is 0.907. The van der Waals surface area contributed by atoms with Crippen LogP contribution in [0.15, 0.2) is 24.3 Å². The fourth-order valence-corrected chi connectivity index (χ4v) is 3.45. The van der Waals surface area contributed by atoms with E-state index in [0.717, 1.165) is 12.6 Å². The first kappa shape index (κ1) is 13.1. The van der Waals surface area contributed by atoms with Gasteiger partial charge in [0.05, 0.1) is 0 Å². The molecule has 2 unspecified atom stereocenters. The normalized spacial score (nSPS) is 29.2. The van der Waals surface area contributed by atoms with Crippen LogP contribution in [-0.4, -0.2) is 24.0 Å². The molecule has 2 atom stereocenters. The Labute approximate surface area is 114 Å². The summed E-state index contributed by atoms with van der Waals surface area (Å²) in [6, 6.07) is 8.19. The van der Waals surface area contributed by atoms with Crippen molar-refractivity contribution >= 4 is 0 Å². The molecule has 2 fully saturated rings. The van der Waals surface area contributed by atoms with Gasteiger partial charge in [0.2, 0.25) is 0 Å². The summed E-state index contributed by atoms with van der Waals surface area (Å²) in [5, 5.41) is 0. The Kier molecular flexibility index (Phi) is 3.85. The molecule has 19 heavy (non-hydrogen) atoms. The second-order valence-electron chi connectivity index (χ2n) is 5.96. The third-order valence-corrected chi connectivity index (χ3v) is 4.58. The van der Waals surface area contributed by atoms with Gasteiger partial charge in [0.25, 0.3) is 0 Å². The molecule has 1 aliphatic heterocycles. The van der Waals surface area contributed by atoms with Crippen molar-refractivity contribution in [3.8, 4) is 0 Å². The number of hydrogen-bond acceptors (Lipinski definition) is 2. The topological polar surface area (TPSA) is 29.3 Å². The highest BCUT2D eigenvalue weighted by Crippen LogP contribution is 2.41. The summed E-state index contributed by atoms with van der Waals surface area (Å²) in [7, 11) is 0. The van der Waals surface area contributed by atoms with E-state index < -0.39 is 0 Å². The van der Waals surface area contributed by atoms with Crippen molar-refractivity contribution in [3.63, 3.8) is 0 Å². The molecule has 1 aromatic carbocycles. The van der Waals surface area contributed by atoms with Crippen molar-refractivity contribution in [2.75, 3.05) is 13.1 Å². The van der Waals surface area contributed by atoms with Crippen LogP contribution in [0, 0.1) is 11.7 Å². The van der Waals surface area contributed by atoms with E-state index in [2.05, 4.69) is 4.90 Å². The van der Waals surface area contributed by atoms with Crippen molar-refractivity contribution in [2.24, 2.45) is 11.7 Å². The first-order chi connectivity index (χ1) is 9.29. The van der Waals surface area contributed by atoms with Crippen LogP contribution in [0.25, 0.3) is 0 Å². The molecule has 2 aliphatic rings. The molecule has 1 aliphatic carbocycles. The van der Waals surface area contributed by atoms with E-state index in [9.17, 15) is 4.39 Å². The molecule has 2 nitrogen and oxygen atoms in total. The molecule has 1 saturated carbocycles. The Morgan fingerprint density at radius 1 is 1.11 bits per heavy atom. The molecule has 0 radical (unpaired) electrons. The zero-order valence-corrected chi connectivity index (χ0v) is 11.4. The standard InChI is InChI=1S/C16H23FN2/c17-14-6-4-12(5-7-14)16-13(11-18)3-1-2-10-19(16)15-8-9-15/h4-7,13,15-16H,1-3,8-11,18H2. The van der Waals surface area contributed by atoms with Crippen LogP contribution in [0.1, 0.15) is 43.7 Å². The zero-order valence-electron chi connectivity index (χ0n) is 11.4. The molecule has 0 bridgehead atoms. The van der Waals surface area contributed by atoms with Crippen LogP contribution < -0.4 is 5.73 Å². The van der Waals surface area contributed by atoms with E-state index in [0.29, 0.717) is 12.0 Å². The molecular weight excluding hydrogens is 239 g/mol. The van der Waals surface area contributed by atoms with Gasteiger partial charge in [0.1, 0.15) is 5.82 Å². The van der Waals surface area contributed by atoms with Gasteiger partial charge in [0.15, 0.2) is 0 Å². The molecule has 3 heteroatoms. The summed E-state index contributed by atoms with van der Waals surface area (Å²) >= 11 is 0. The van der Waals surface area contributed by atoms with Gasteiger partial charge >= 0.3 is 0 Å². The smallest absolute Gasteiger partial charge is 0.123 e. The minimum absolute atomic E-state index is 0.153. The van der Waals surface area contributed by atoms with E-state index in [1.54, 1.807) is 12.1 Å². The van der Waals surface area contributed by atoms with Crippen molar-refractivity contribution in [1.29, 1.82) is 0 Å². The van der Waals surface area contributed by atoms with Gasteiger partial charge in [-0.15, -0.1) is 0 Å². The van der Waals surface area contributed by atoms with Crippen molar-refractivity contribution in [3.05, 3.63) is 35.6 Å². The molecule has 1 aromatic rings. The number of benzene rings is 1. The minimum atomic E-state index is -0.153. The summed E-state index contributed by atoms with van der Waals surface area (Å²) in [5.41, 5.74) is 7.25. The lowest BCUT2D eigenvalue weighted by Crippen LogP contribution is -2.37. The van der Waals surface area contributed by atoms with E-state index in [1.165, 1.54) is 44.2 Å². The van der Waals surface area contributed by atoms with Crippen LogP contribution in [-0.2, 0) is 0 Å². The first-order valence-electron chi connectivity index (χ1n) is 7.51. The van der Waals surface area contributed by atoms with Gasteiger partial charge < -0.3 is 5.73 Å². The maximum atomic E-state index is 13.1. The molecule has 0 aromatic heterocycles. The molecule has 1 heterocycles. The third kappa shape index (κ3) is 2.82. The van der Waals surface area contributed by atoms with Crippen molar-refractivity contribution < 1.29 is 4.39 Å². The zero-order chi connectivity index (χ0) is 13.2. The van der Waals surface area contributed by atoms with Gasteiger partial charge in [-0.05, 0) is 62.4 Å². The second kappa shape index (κ2) is 5.59. The van der Waals surface area contributed by atoms with Crippen LogP contribution in [0.4, 0.5) is 4.39 Å². The number of rotatable bonds is 3. The van der Waals surface area contributed by atoms with Gasteiger partial charge in [-0.2, -0.15) is 0 Å².